The largest absolute Gasteiger partial charge is 0.467 e. The zero-order valence-corrected chi connectivity index (χ0v) is 14.1. The van der Waals surface area contributed by atoms with Gasteiger partial charge in [0.1, 0.15) is 18.3 Å². The molecular weight excluding hydrogens is 318 g/mol. The molecule has 5 heteroatoms. The van der Waals surface area contributed by atoms with Crippen molar-refractivity contribution in [2.24, 2.45) is 0 Å². The van der Waals surface area contributed by atoms with Crippen LogP contribution in [-0.2, 0) is 20.9 Å². The lowest BCUT2D eigenvalue weighted by Crippen LogP contribution is -2.22. The van der Waals surface area contributed by atoms with Crippen LogP contribution in [0.5, 0.6) is 0 Å². The summed E-state index contributed by atoms with van der Waals surface area (Å²) in [7, 11) is 1.33. The summed E-state index contributed by atoms with van der Waals surface area (Å²) < 4.78 is 11.9. The van der Waals surface area contributed by atoms with Crippen molar-refractivity contribution in [3.05, 3.63) is 71.9 Å². The highest BCUT2D eigenvalue weighted by molar-refractivity contribution is 5.97. The van der Waals surface area contributed by atoms with E-state index in [1.165, 1.54) is 7.11 Å². The predicted molar refractivity (Wildman–Crippen MR) is 94.2 cm³/mol. The Balaban J connectivity index is 1.94. The van der Waals surface area contributed by atoms with Gasteiger partial charge in [-0.25, -0.2) is 9.59 Å². The first-order valence-corrected chi connectivity index (χ1v) is 8.00. The Morgan fingerprint density at radius 1 is 1.04 bits per heavy atom. The molecule has 0 fully saturated rings. The maximum absolute atomic E-state index is 12.6. The highest BCUT2D eigenvalue weighted by Gasteiger charge is 2.25. The number of methoxy groups -OCH3 is 1. The van der Waals surface area contributed by atoms with Crippen LogP contribution in [0.25, 0.3) is 10.9 Å². The Bertz CT molecular complexity index is 898. The Morgan fingerprint density at radius 3 is 2.44 bits per heavy atom. The van der Waals surface area contributed by atoms with E-state index in [1.807, 2.05) is 54.6 Å². The molecule has 0 aliphatic rings. The molecule has 0 N–H and O–H groups in total. The number of hydrogen-bond donors (Lipinski definition) is 0. The lowest BCUT2D eigenvalue weighted by atomic mass is 10.2. The van der Waals surface area contributed by atoms with E-state index in [1.54, 1.807) is 17.6 Å². The second kappa shape index (κ2) is 7.21. The third-order valence-electron chi connectivity index (χ3n) is 4.10. The zero-order valence-electron chi connectivity index (χ0n) is 14.1. The fourth-order valence-electron chi connectivity index (χ4n) is 2.82. The molecule has 1 atom stereocenters. The van der Waals surface area contributed by atoms with Crippen LogP contribution >= 0.6 is 0 Å². The number of rotatable bonds is 5. The van der Waals surface area contributed by atoms with Gasteiger partial charge in [0.15, 0.2) is 0 Å². The molecule has 0 saturated carbocycles. The molecule has 0 radical (unpaired) electrons. The van der Waals surface area contributed by atoms with Crippen LogP contribution in [0.15, 0.2) is 60.7 Å². The monoisotopic (exact) mass is 337 g/mol. The molecule has 1 unspecified atom stereocenters. The van der Waals surface area contributed by atoms with Gasteiger partial charge in [0.25, 0.3) is 0 Å². The summed E-state index contributed by atoms with van der Waals surface area (Å²) in [5.74, 6) is -0.894. The van der Waals surface area contributed by atoms with Crippen molar-refractivity contribution in [2.45, 2.75) is 19.6 Å². The van der Waals surface area contributed by atoms with Gasteiger partial charge in [0, 0.05) is 10.9 Å². The minimum atomic E-state index is -0.635. The third kappa shape index (κ3) is 3.40. The number of esters is 2. The fraction of sp³-hybridized carbons (Fsp3) is 0.200. The SMILES string of the molecule is COC(=O)C(C)n1c(C(=O)OCc2ccccc2)cc2ccccc21. The molecule has 1 heterocycles. The second-order valence-corrected chi connectivity index (χ2v) is 5.72. The average molecular weight is 337 g/mol. The number of benzene rings is 2. The van der Waals surface area contributed by atoms with Crippen LogP contribution in [-0.4, -0.2) is 23.6 Å². The van der Waals surface area contributed by atoms with E-state index in [4.69, 9.17) is 9.47 Å². The molecule has 0 spiro atoms. The molecule has 3 aromatic rings. The van der Waals surface area contributed by atoms with Gasteiger partial charge in [0.05, 0.1) is 7.11 Å². The Morgan fingerprint density at radius 2 is 1.72 bits per heavy atom. The summed E-state index contributed by atoms with van der Waals surface area (Å²) in [5, 5.41) is 0.866. The number of ether oxygens (including phenoxy) is 2. The summed E-state index contributed by atoms with van der Waals surface area (Å²) in [6.45, 7) is 1.88. The lowest BCUT2D eigenvalue weighted by Gasteiger charge is -2.16. The predicted octanol–water partition coefficient (Wildman–Crippen LogP) is 3.73. The average Bonchev–Trinajstić information content (AvgIpc) is 3.05. The van der Waals surface area contributed by atoms with Gasteiger partial charge >= 0.3 is 11.9 Å². The number of carbonyl (C=O) groups excluding carboxylic acids is 2. The van der Waals surface area contributed by atoms with E-state index in [2.05, 4.69) is 0 Å². The molecule has 1 aromatic heterocycles. The Kier molecular flexibility index (Phi) is 4.84. The smallest absolute Gasteiger partial charge is 0.355 e. The molecule has 0 saturated heterocycles. The fourth-order valence-corrected chi connectivity index (χ4v) is 2.82. The van der Waals surface area contributed by atoms with E-state index in [0.717, 1.165) is 16.5 Å². The van der Waals surface area contributed by atoms with Crippen LogP contribution in [0.2, 0.25) is 0 Å². The van der Waals surface area contributed by atoms with Crippen molar-refractivity contribution in [3.63, 3.8) is 0 Å². The van der Waals surface area contributed by atoms with E-state index < -0.39 is 18.0 Å². The highest BCUT2D eigenvalue weighted by atomic mass is 16.5. The summed E-state index contributed by atoms with van der Waals surface area (Å²) in [6.07, 6.45) is 0. The number of fused-ring (bicyclic) bond motifs is 1. The van der Waals surface area contributed by atoms with Crippen LogP contribution in [0.4, 0.5) is 0 Å². The molecule has 0 bridgehead atoms. The summed E-state index contributed by atoms with van der Waals surface area (Å²) in [4.78, 5) is 24.6. The van der Waals surface area contributed by atoms with Crippen LogP contribution in [0, 0.1) is 0 Å². The first kappa shape index (κ1) is 16.8. The molecule has 0 amide bonds. The van der Waals surface area contributed by atoms with Gasteiger partial charge in [-0.05, 0) is 24.6 Å². The first-order valence-electron chi connectivity index (χ1n) is 8.00. The van der Waals surface area contributed by atoms with Crippen molar-refractivity contribution in [3.8, 4) is 0 Å². The first-order chi connectivity index (χ1) is 12.1. The van der Waals surface area contributed by atoms with Crippen molar-refractivity contribution < 1.29 is 19.1 Å². The normalized spacial score (nSPS) is 11.9. The van der Waals surface area contributed by atoms with Crippen molar-refractivity contribution in [1.82, 2.24) is 4.57 Å². The maximum Gasteiger partial charge on any atom is 0.355 e. The molecule has 5 nitrogen and oxygen atoms in total. The molecule has 25 heavy (non-hydrogen) atoms. The van der Waals surface area contributed by atoms with E-state index in [-0.39, 0.29) is 6.61 Å². The number of para-hydroxylation sites is 1. The second-order valence-electron chi connectivity index (χ2n) is 5.72. The number of carbonyl (C=O) groups is 2. The van der Waals surface area contributed by atoms with E-state index in [0.29, 0.717) is 5.69 Å². The Labute approximate surface area is 145 Å². The molecule has 0 aliphatic heterocycles. The van der Waals surface area contributed by atoms with E-state index >= 15 is 0 Å². The number of nitrogens with zero attached hydrogens (tertiary/aromatic N) is 1. The van der Waals surface area contributed by atoms with Crippen LogP contribution in [0.3, 0.4) is 0 Å². The molecular formula is C20H19NO4. The molecule has 0 aliphatic carbocycles. The summed E-state index contributed by atoms with van der Waals surface area (Å²) in [5.41, 5.74) is 2.02. The van der Waals surface area contributed by atoms with Gasteiger partial charge in [-0.3, -0.25) is 0 Å². The third-order valence-corrected chi connectivity index (χ3v) is 4.10. The molecule has 3 rings (SSSR count). The number of aromatic nitrogens is 1. The minimum Gasteiger partial charge on any atom is -0.467 e. The van der Waals surface area contributed by atoms with Crippen molar-refractivity contribution in [1.29, 1.82) is 0 Å². The maximum atomic E-state index is 12.6. The molecule has 128 valence electrons. The summed E-state index contributed by atoms with van der Waals surface area (Å²) >= 11 is 0. The van der Waals surface area contributed by atoms with Gasteiger partial charge in [-0.2, -0.15) is 0 Å². The standard InChI is InChI=1S/C20H19NO4/c1-14(19(22)24-2)21-17-11-7-6-10-16(17)12-18(21)20(23)25-13-15-8-4-3-5-9-15/h3-12,14H,13H2,1-2H3. The lowest BCUT2D eigenvalue weighted by molar-refractivity contribution is -0.143. The van der Waals surface area contributed by atoms with Gasteiger partial charge in [-0.15, -0.1) is 0 Å². The quantitative estimate of drug-likeness (QED) is 0.666. The van der Waals surface area contributed by atoms with Gasteiger partial charge < -0.3 is 14.0 Å². The van der Waals surface area contributed by atoms with Crippen LogP contribution in [0.1, 0.15) is 29.0 Å². The minimum absolute atomic E-state index is 0.174. The number of hydrogen-bond acceptors (Lipinski definition) is 4. The highest BCUT2D eigenvalue weighted by Crippen LogP contribution is 2.25. The van der Waals surface area contributed by atoms with Crippen molar-refractivity contribution in [2.75, 3.05) is 7.11 Å². The van der Waals surface area contributed by atoms with Crippen molar-refractivity contribution >= 4 is 22.8 Å². The van der Waals surface area contributed by atoms with Crippen LogP contribution < -0.4 is 0 Å². The van der Waals surface area contributed by atoms with E-state index in [9.17, 15) is 9.59 Å². The zero-order chi connectivity index (χ0) is 17.8. The molecule has 2 aromatic carbocycles. The Hall–Kier alpha value is -3.08. The van der Waals surface area contributed by atoms with Gasteiger partial charge in [-0.1, -0.05) is 48.5 Å². The topological polar surface area (TPSA) is 57.5 Å². The summed E-state index contributed by atoms with van der Waals surface area (Å²) in [6, 6.07) is 18.1. The van der Waals surface area contributed by atoms with Gasteiger partial charge in [0.2, 0.25) is 0 Å².